The zero-order chi connectivity index (χ0) is 20.0. The van der Waals surface area contributed by atoms with Crippen LogP contribution in [0.25, 0.3) is 0 Å². The van der Waals surface area contributed by atoms with Crippen LogP contribution in [0.5, 0.6) is 0 Å². The maximum Gasteiger partial charge on any atom is 0.410 e. The Morgan fingerprint density at radius 1 is 0.926 bits per heavy atom. The SMILES string of the molecule is CC(C)N1CCN(C(=O)OC(C)(C)CCC(C)N2CCCN(C)CC2)CC1. The summed E-state index contributed by atoms with van der Waals surface area (Å²) in [5.41, 5.74) is -0.414. The number of rotatable bonds is 6. The first kappa shape index (κ1) is 22.4. The highest BCUT2D eigenvalue weighted by molar-refractivity contribution is 5.68. The fourth-order valence-corrected chi connectivity index (χ4v) is 4.02. The highest BCUT2D eigenvalue weighted by Gasteiger charge is 2.30. The molecule has 2 fully saturated rings. The molecule has 6 nitrogen and oxygen atoms in total. The summed E-state index contributed by atoms with van der Waals surface area (Å²) < 4.78 is 5.89. The molecule has 0 radical (unpaired) electrons. The zero-order valence-electron chi connectivity index (χ0n) is 18.5. The minimum absolute atomic E-state index is 0.146. The minimum Gasteiger partial charge on any atom is -0.443 e. The first-order valence-corrected chi connectivity index (χ1v) is 10.8. The molecule has 6 heteroatoms. The molecule has 2 heterocycles. The summed E-state index contributed by atoms with van der Waals surface area (Å²) in [6, 6.07) is 1.07. The lowest BCUT2D eigenvalue weighted by molar-refractivity contribution is -0.00627. The molecule has 0 aromatic rings. The molecule has 0 saturated carbocycles. The molecule has 2 aliphatic rings. The normalized spacial score (nSPS) is 22.7. The Balaban J connectivity index is 1.74. The van der Waals surface area contributed by atoms with Crippen molar-refractivity contribution in [3.63, 3.8) is 0 Å². The molecule has 0 spiro atoms. The van der Waals surface area contributed by atoms with Gasteiger partial charge in [-0.3, -0.25) is 9.80 Å². The van der Waals surface area contributed by atoms with E-state index in [0.717, 1.165) is 52.1 Å². The molecule has 0 N–H and O–H groups in total. The molecule has 2 saturated heterocycles. The summed E-state index contributed by atoms with van der Waals surface area (Å²) in [6.07, 6.45) is 3.05. The topological polar surface area (TPSA) is 39.3 Å². The number of hydrogen-bond donors (Lipinski definition) is 0. The maximum atomic E-state index is 12.6. The van der Waals surface area contributed by atoms with Crippen molar-refractivity contribution in [3.8, 4) is 0 Å². The third-order valence-electron chi connectivity index (χ3n) is 6.21. The van der Waals surface area contributed by atoms with Gasteiger partial charge in [0, 0.05) is 51.4 Å². The predicted octanol–water partition coefficient (Wildman–Crippen LogP) is 2.73. The average Bonchev–Trinajstić information content (AvgIpc) is 2.84. The first-order chi connectivity index (χ1) is 12.7. The monoisotopic (exact) mass is 382 g/mol. The fourth-order valence-electron chi connectivity index (χ4n) is 4.02. The van der Waals surface area contributed by atoms with Crippen molar-refractivity contribution in [1.82, 2.24) is 19.6 Å². The van der Waals surface area contributed by atoms with Crippen LogP contribution in [0.2, 0.25) is 0 Å². The molecule has 1 unspecified atom stereocenters. The number of likely N-dealkylation sites (N-methyl/N-ethyl adjacent to an activating group) is 1. The van der Waals surface area contributed by atoms with Crippen LogP contribution in [0.15, 0.2) is 0 Å². The summed E-state index contributed by atoms with van der Waals surface area (Å²) in [5.74, 6) is 0. The van der Waals surface area contributed by atoms with Gasteiger partial charge < -0.3 is 14.5 Å². The predicted molar refractivity (Wildman–Crippen MR) is 111 cm³/mol. The summed E-state index contributed by atoms with van der Waals surface area (Å²) in [4.78, 5) is 21.9. The number of nitrogens with zero attached hydrogens (tertiary/aromatic N) is 4. The number of ether oxygens (including phenoxy) is 1. The van der Waals surface area contributed by atoms with E-state index < -0.39 is 5.60 Å². The van der Waals surface area contributed by atoms with Gasteiger partial charge in [-0.2, -0.15) is 0 Å². The largest absolute Gasteiger partial charge is 0.443 e. The second-order valence-electron chi connectivity index (χ2n) is 9.32. The highest BCUT2D eigenvalue weighted by atomic mass is 16.6. The maximum absolute atomic E-state index is 12.6. The van der Waals surface area contributed by atoms with Gasteiger partial charge in [-0.1, -0.05) is 0 Å². The van der Waals surface area contributed by atoms with E-state index in [9.17, 15) is 4.79 Å². The van der Waals surface area contributed by atoms with Gasteiger partial charge >= 0.3 is 6.09 Å². The van der Waals surface area contributed by atoms with E-state index in [4.69, 9.17) is 4.74 Å². The van der Waals surface area contributed by atoms with Crippen LogP contribution in [0.1, 0.15) is 53.9 Å². The smallest absolute Gasteiger partial charge is 0.410 e. The van der Waals surface area contributed by atoms with E-state index in [2.05, 4.69) is 56.4 Å². The molecule has 2 aliphatic heterocycles. The number of carbonyl (C=O) groups excluding carboxylic acids is 1. The van der Waals surface area contributed by atoms with Crippen LogP contribution in [0, 0.1) is 0 Å². The van der Waals surface area contributed by atoms with E-state index in [1.54, 1.807) is 0 Å². The quantitative estimate of drug-likeness (QED) is 0.706. The van der Waals surface area contributed by atoms with E-state index in [0.29, 0.717) is 12.1 Å². The van der Waals surface area contributed by atoms with Crippen LogP contribution < -0.4 is 0 Å². The molecule has 0 aliphatic carbocycles. The molecule has 0 aromatic heterocycles. The summed E-state index contributed by atoms with van der Waals surface area (Å²) in [7, 11) is 2.21. The van der Waals surface area contributed by atoms with Gasteiger partial charge in [-0.05, 0) is 74.0 Å². The van der Waals surface area contributed by atoms with Crippen LogP contribution in [-0.4, -0.2) is 103 Å². The average molecular weight is 383 g/mol. The van der Waals surface area contributed by atoms with Crippen molar-refractivity contribution in [2.24, 2.45) is 0 Å². The van der Waals surface area contributed by atoms with Crippen molar-refractivity contribution in [2.75, 3.05) is 59.4 Å². The first-order valence-electron chi connectivity index (χ1n) is 10.8. The molecular formula is C21H42N4O2. The Bertz CT molecular complexity index is 461. The number of piperazine rings is 1. The Morgan fingerprint density at radius 2 is 1.56 bits per heavy atom. The summed E-state index contributed by atoms with van der Waals surface area (Å²) >= 11 is 0. The number of hydrogen-bond acceptors (Lipinski definition) is 5. The Kier molecular flexibility index (Phi) is 8.38. The van der Waals surface area contributed by atoms with Crippen LogP contribution in [0.4, 0.5) is 4.79 Å². The van der Waals surface area contributed by atoms with Crippen molar-refractivity contribution < 1.29 is 9.53 Å². The van der Waals surface area contributed by atoms with Crippen LogP contribution in [0.3, 0.4) is 0 Å². The van der Waals surface area contributed by atoms with Gasteiger partial charge in [0.15, 0.2) is 0 Å². The molecule has 1 atom stereocenters. The van der Waals surface area contributed by atoms with Crippen molar-refractivity contribution >= 4 is 6.09 Å². The van der Waals surface area contributed by atoms with Gasteiger partial charge in [0.05, 0.1) is 0 Å². The third kappa shape index (κ3) is 7.24. The molecule has 0 aromatic carbocycles. The van der Waals surface area contributed by atoms with Crippen LogP contribution in [-0.2, 0) is 4.74 Å². The molecular weight excluding hydrogens is 340 g/mol. The van der Waals surface area contributed by atoms with E-state index in [1.165, 1.54) is 19.5 Å². The van der Waals surface area contributed by atoms with Gasteiger partial charge in [0.1, 0.15) is 5.60 Å². The fraction of sp³-hybridized carbons (Fsp3) is 0.952. The zero-order valence-corrected chi connectivity index (χ0v) is 18.5. The highest BCUT2D eigenvalue weighted by Crippen LogP contribution is 2.22. The Morgan fingerprint density at radius 3 is 2.19 bits per heavy atom. The molecule has 0 bridgehead atoms. The van der Waals surface area contributed by atoms with E-state index in [-0.39, 0.29) is 6.09 Å². The molecule has 2 rings (SSSR count). The lowest BCUT2D eigenvalue weighted by Crippen LogP contribution is -2.52. The number of amides is 1. The van der Waals surface area contributed by atoms with Crippen molar-refractivity contribution in [2.45, 2.75) is 71.6 Å². The van der Waals surface area contributed by atoms with E-state index >= 15 is 0 Å². The van der Waals surface area contributed by atoms with Gasteiger partial charge in [-0.25, -0.2) is 4.79 Å². The summed E-state index contributed by atoms with van der Waals surface area (Å²) in [5, 5.41) is 0. The molecule has 158 valence electrons. The minimum atomic E-state index is -0.414. The second kappa shape index (κ2) is 10.1. The molecule has 1 amide bonds. The number of carbonyl (C=O) groups is 1. The Hall–Kier alpha value is -0.850. The third-order valence-corrected chi connectivity index (χ3v) is 6.21. The lowest BCUT2D eigenvalue weighted by atomic mass is 9.98. The summed E-state index contributed by atoms with van der Waals surface area (Å²) in [6.45, 7) is 18.9. The van der Waals surface area contributed by atoms with Gasteiger partial charge in [-0.15, -0.1) is 0 Å². The van der Waals surface area contributed by atoms with Crippen LogP contribution >= 0.6 is 0 Å². The Labute approximate surface area is 166 Å². The van der Waals surface area contributed by atoms with Crippen molar-refractivity contribution in [3.05, 3.63) is 0 Å². The van der Waals surface area contributed by atoms with Crippen molar-refractivity contribution in [1.29, 1.82) is 0 Å². The van der Waals surface area contributed by atoms with Gasteiger partial charge in [0.2, 0.25) is 0 Å². The standard InChI is InChI=1S/C21H42N4O2/c1-18(2)23-14-16-25(17-15-23)20(26)27-21(4,5)9-8-19(3)24-11-7-10-22(6)12-13-24/h18-19H,7-17H2,1-6H3. The van der Waals surface area contributed by atoms with E-state index in [1.807, 2.05) is 4.90 Å². The molecule has 27 heavy (non-hydrogen) atoms. The second-order valence-corrected chi connectivity index (χ2v) is 9.32. The lowest BCUT2D eigenvalue weighted by Gasteiger charge is -2.38. The van der Waals surface area contributed by atoms with Gasteiger partial charge in [0.25, 0.3) is 0 Å².